The Morgan fingerprint density at radius 2 is 0.939 bits per heavy atom. The molecule has 9 aromatic rings. The van der Waals surface area contributed by atoms with E-state index < -0.39 is 0 Å². The van der Waals surface area contributed by atoms with E-state index in [1.54, 1.807) is 24.8 Å². The van der Waals surface area contributed by atoms with Crippen LogP contribution in [0.5, 0.6) is 0 Å². The molecule has 0 aliphatic rings. The third-order valence-electron chi connectivity index (χ3n) is 6.42. The molecule has 8 N–H and O–H groups in total. The molecule has 0 saturated carbocycles. The van der Waals surface area contributed by atoms with Crippen LogP contribution < -0.4 is 17.2 Å². The Morgan fingerprint density at radius 1 is 0.470 bits per heavy atom. The normalized spacial score (nSPS) is 9.83. The van der Waals surface area contributed by atoms with Crippen molar-refractivity contribution < 1.29 is 0 Å². The minimum absolute atomic E-state index is 0. The second kappa shape index (κ2) is 30.9. The number of nitrogens with one attached hydrogen (secondary N) is 2. The Labute approximate surface area is 504 Å². The Morgan fingerprint density at radius 3 is 1.47 bits per heavy atom. The van der Waals surface area contributed by atoms with Crippen LogP contribution in [-0.4, -0.2) is 69.1 Å². The van der Waals surface area contributed by atoms with Gasteiger partial charge < -0.3 is 22.2 Å². The molecular formula is C31H25Br12N17S6. The molecular weight excluding hydrogens is 1760 g/mol. The van der Waals surface area contributed by atoms with Gasteiger partial charge in [-0.3, -0.25) is 5.10 Å². The standard InChI is InChI=1S/2C5HBr2N3S.2C5H4Br2N2S.C4Br2N4S.C4H3Br2N3S.3CH4/c6-2-1-8-5(7)3-4(2)11-10-9-3;6-2-1-8-5(7)4-3(2)9-10-11-4;6-2-1-9-5(7)3(8)4(2)10;6-2-1-9-5(7)4(10)3(2)8;5-3-1-2(11-10-7-1)4(6)9-8-3;5-3-1(7)2(10)4(6)9-8-3;;;/h2*1H;1H,8H2,(H,9,10);1,10H,(H2,8,9);;(H2,7,9)(H,8,10);3*1H4. The topological polar surface area (TPSA) is 264 Å². The molecule has 0 aromatic carbocycles. The van der Waals surface area contributed by atoms with Crippen molar-refractivity contribution in [1.29, 1.82) is 0 Å². The summed E-state index contributed by atoms with van der Waals surface area (Å²) in [5, 5.41) is 25.8. The summed E-state index contributed by atoms with van der Waals surface area (Å²) in [5.74, 6) is 0. The van der Waals surface area contributed by atoms with Crippen LogP contribution in [0.2, 0.25) is 0 Å². The summed E-state index contributed by atoms with van der Waals surface area (Å²) >= 11 is 56.8. The van der Waals surface area contributed by atoms with E-state index >= 15 is 0 Å². The molecule has 0 fully saturated rings. The van der Waals surface area contributed by atoms with E-state index in [0.29, 0.717) is 54.0 Å². The lowest BCUT2D eigenvalue weighted by atomic mass is 10.4. The van der Waals surface area contributed by atoms with Crippen LogP contribution in [0.25, 0.3) is 30.6 Å². The number of aromatic nitrogens is 14. The number of nitrogens with zero attached hydrogens (tertiary/aromatic N) is 12. The number of anilines is 3. The number of thiol groups is 1. The van der Waals surface area contributed by atoms with E-state index in [-0.39, 0.29) is 22.3 Å². The number of halogens is 12. The second-order valence-corrected chi connectivity index (χ2v) is 23.4. The van der Waals surface area contributed by atoms with Crippen molar-refractivity contribution in [3.05, 3.63) is 88.5 Å². The summed E-state index contributed by atoms with van der Waals surface area (Å²) in [6, 6.07) is 0. The minimum Gasteiger partial charge on any atom is -0.397 e. The van der Waals surface area contributed by atoms with Gasteiger partial charge in [0.2, 0.25) is 0 Å². The van der Waals surface area contributed by atoms with Crippen LogP contribution in [0.15, 0.2) is 84.4 Å². The van der Waals surface area contributed by atoms with E-state index in [1.807, 2.05) is 0 Å². The van der Waals surface area contributed by atoms with Crippen LogP contribution in [-0.2, 0) is 0 Å². The van der Waals surface area contributed by atoms with E-state index in [4.69, 9.17) is 41.6 Å². The first-order chi connectivity index (χ1) is 29.7. The van der Waals surface area contributed by atoms with Gasteiger partial charge in [-0.25, -0.2) is 15.0 Å². The van der Waals surface area contributed by atoms with Gasteiger partial charge in [-0.1, -0.05) is 60.2 Å². The van der Waals surface area contributed by atoms with Crippen molar-refractivity contribution in [2.45, 2.75) is 27.2 Å². The highest BCUT2D eigenvalue weighted by molar-refractivity contribution is 9.12. The Balaban J connectivity index is 0.000000393. The van der Waals surface area contributed by atoms with Gasteiger partial charge in [0.1, 0.15) is 58.2 Å². The van der Waals surface area contributed by atoms with Crippen LogP contribution >= 0.6 is 263 Å². The Kier molecular flexibility index (Phi) is 30.1. The fourth-order valence-corrected chi connectivity index (χ4v) is 10.9. The molecule has 0 amide bonds. The van der Waals surface area contributed by atoms with Gasteiger partial charge in [0.15, 0.2) is 4.60 Å². The number of nitrogen functional groups attached to an aromatic ring is 3. The van der Waals surface area contributed by atoms with Gasteiger partial charge in [0, 0.05) is 24.8 Å². The first-order valence-electron chi connectivity index (χ1n) is 15.2. The smallest absolute Gasteiger partial charge is 0.157 e. The Hall–Kier alpha value is 0.170. The molecule has 0 saturated heterocycles. The molecule has 0 spiro atoms. The molecule has 66 heavy (non-hydrogen) atoms. The van der Waals surface area contributed by atoms with Crippen LogP contribution in [0, 0.1) is 9.02 Å². The highest BCUT2D eigenvalue weighted by Gasteiger charge is 2.10. The van der Waals surface area contributed by atoms with E-state index in [1.165, 1.54) is 34.6 Å². The number of H-pyrrole nitrogens is 2. The molecule has 9 rings (SSSR count). The number of hydrogen-bond donors (Lipinski definition) is 6. The quantitative estimate of drug-likeness (QED) is 0.0468. The second-order valence-electron chi connectivity index (χ2n) is 10.4. The van der Waals surface area contributed by atoms with E-state index in [0.717, 1.165) is 62.4 Å². The molecule has 354 valence electrons. The number of nitrogens with two attached hydrogens (primary N) is 3. The predicted molar refractivity (Wildman–Crippen MR) is 322 cm³/mol. The number of hydrogen-bond acceptors (Lipinski definition) is 21. The van der Waals surface area contributed by atoms with Crippen molar-refractivity contribution in [1.82, 2.24) is 69.1 Å². The number of pyridine rings is 4. The Bertz CT molecular complexity index is 2770. The molecule has 0 bridgehead atoms. The van der Waals surface area contributed by atoms with Gasteiger partial charge in [0.05, 0.1) is 53.6 Å². The average Bonchev–Trinajstić information content (AvgIpc) is 4.09. The summed E-state index contributed by atoms with van der Waals surface area (Å²) in [5.41, 5.74) is 20.8. The van der Waals surface area contributed by atoms with Gasteiger partial charge in [0.25, 0.3) is 0 Å². The monoisotopic (exact) mass is 1770 g/mol. The summed E-state index contributed by atoms with van der Waals surface area (Å²) < 4.78 is 24.3. The lowest BCUT2D eigenvalue weighted by Crippen LogP contribution is -1.94. The maximum absolute atomic E-state index is 5.59. The molecule has 9 heterocycles. The summed E-state index contributed by atoms with van der Waals surface area (Å²) in [4.78, 5) is 15.6. The molecule has 9 aromatic heterocycles. The third kappa shape index (κ3) is 17.7. The molecule has 0 aliphatic carbocycles. The maximum atomic E-state index is 5.59. The highest BCUT2D eigenvalue weighted by Crippen LogP contribution is 2.32. The molecule has 17 nitrogen and oxygen atoms in total. The largest absolute Gasteiger partial charge is 0.397 e. The van der Waals surface area contributed by atoms with Crippen molar-refractivity contribution in [3.8, 4) is 0 Å². The van der Waals surface area contributed by atoms with Crippen molar-refractivity contribution in [2.75, 3.05) is 17.2 Å². The molecule has 0 radical (unpaired) electrons. The van der Waals surface area contributed by atoms with Gasteiger partial charge >= 0.3 is 0 Å². The maximum Gasteiger partial charge on any atom is 0.157 e. The highest BCUT2D eigenvalue weighted by atomic mass is 79.9. The SMILES string of the molecule is Brc1cnc(Br)c2snnc12.Brc1ncc(Br)c2snnc12.Brc1nnc(Br)c2snnc12.C.C.C.Nc1c(Br)[nH]cc(Br)c1=S.Nc1c(Br)[nH]nc(Br)c1=S.Nc1c(Br)cnc(Br)c1S. The van der Waals surface area contributed by atoms with Gasteiger partial charge in [-0.2, -0.15) is 5.10 Å². The molecule has 35 heteroatoms. The van der Waals surface area contributed by atoms with Crippen molar-refractivity contribution in [3.63, 3.8) is 0 Å². The number of rotatable bonds is 0. The predicted octanol–water partition coefficient (Wildman–Crippen LogP) is 16.7. The fourth-order valence-electron chi connectivity index (χ4n) is 3.46. The first kappa shape index (κ1) is 64.2. The lowest BCUT2D eigenvalue weighted by molar-refractivity contribution is 0.980. The summed E-state index contributed by atoms with van der Waals surface area (Å²) in [7, 11) is 0. The molecule has 0 unspecified atom stereocenters. The zero-order chi connectivity index (χ0) is 46.7. The fraction of sp³-hybridized carbons (Fsp3) is 0.0968. The third-order valence-corrected chi connectivity index (χ3v) is 18.7. The zero-order valence-electron chi connectivity index (χ0n) is 29.4. The first-order valence-corrected chi connectivity index (χ1v) is 28.3. The van der Waals surface area contributed by atoms with E-state index in [2.05, 4.69) is 273 Å². The summed E-state index contributed by atoms with van der Waals surface area (Å²) in [6.07, 6.45) is 6.79. The molecule has 0 aliphatic heterocycles. The average molecular weight is 1790 g/mol. The minimum atomic E-state index is 0. The number of fused-ring (bicyclic) bond motifs is 3. The lowest BCUT2D eigenvalue weighted by Gasteiger charge is -2.01. The van der Waals surface area contributed by atoms with Gasteiger partial charge in [-0.05, 0) is 226 Å². The van der Waals surface area contributed by atoms with Crippen LogP contribution in [0.1, 0.15) is 22.3 Å². The van der Waals surface area contributed by atoms with Crippen LogP contribution in [0.3, 0.4) is 0 Å². The number of aromatic amines is 2. The molecule has 0 atom stereocenters. The van der Waals surface area contributed by atoms with Crippen molar-refractivity contribution in [2.24, 2.45) is 0 Å². The van der Waals surface area contributed by atoms with E-state index in [9.17, 15) is 0 Å². The van der Waals surface area contributed by atoms with Crippen LogP contribution in [0.4, 0.5) is 17.1 Å². The van der Waals surface area contributed by atoms with Crippen molar-refractivity contribution >= 4 is 311 Å². The van der Waals surface area contributed by atoms with Gasteiger partial charge in [-0.15, -0.1) is 38.1 Å². The summed E-state index contributed by atoms with van der Waals surface area (Å²) in [6.45, 7) is 0. The zero-order valence-corrected chi connectivity index (χ0v) is 53.4.